The third kappa shape index (κ3) is 3.29. The van der Waals surface area contributed by atoms with E-state index in [4.69, 9.17) is 10.2 Å². The first kappa shape index (κ1) is 12.6. The van der Waals surface area contributed by atoms with Gasteiger partial charge in [0.15, 0.2) is 6.29 Å². The van der Waals surface area contributed by atoms with Crippen molar-refractivity contribution in [3.05, 3.63) is 39.9 Å². The van der Waals surface area contributed by atoms with Crippen LogP contribution in [0.15, 0.2) is 24.3 Å². The van der Waals surface area contributed by atoms with Gasteiger partial charge in [0, 0.05) is 18.6 Å². The van der Waals surface area contributed by atoms with Gasteiger partial charge in [0.25, 0.3) is 5.69 Å². The van der Waals surface area contributed by atoms with E-state index >= 15 is 0 Å². The highest BCUT2D eigenvalue weighted by Crippen LogP contribution is 2.27. The molecule has 1 aromatic rings. The zero-order chi connectivity index (χ0) is 12.1. The molecule has 5 nitrogen and oxygen atoms in total. The Morgan fingerprint density at radius 3 is 2.62 bits per heavy atom. The van der Waals surface area contributed by atoms with Crippen LogP contribution in [0.1, 0.15) is 31.2 Å². The number of aliphatic hydroxyl groups is 2. The number of benzene rings is 1. The Morgan fingerprint density at radius 1 is 1.44 bits per heavy atom. The van der Waals surface area contributed by atoms with E-state index < -0.39 is 11.2 Å². The first-order valence-electron chi connectivity index (χ1n) is 5.15. The second-order valence-electron chi connectivity index (χ2n) is 3.67. The molecule has 88 valence electrons. The van der Waals surface area contributed by atoms with Crippen LogP contribution in [0, 0.1) is 10.1 Å². The lowest BCUT2D eigenvalue weighted by molar-refractivity contribution is -0.384. The Balaban J connectivity index is 2.92. The normalized spacial score (nSPS) is 12.8. The van der Waals surface area contributed by atoms with Gasteiger partial charge >= 0.3 is 0 Å². The van der Waals surface area contributed by atoms with E-state index in [0.29, 0.717) is 6.42 Å². The zero-order valence-electron chi connectivity index (χ0n) is 9.04. The fraction of sp³-hybridized carbons (Fsp3) is 0.455. The van der Waals surface area contributed by atoms with Gasteiger partial charge in [-0.1, -0.05) is 19.1 Å². The number of hydrogen-bond donors (Lipinski definition) is 2. The lowest BCUT2D eigenvalue weighted by Crippen LogP contribution is -2.11. The number of aliphatic hydroxyl groups excluding tert-OH is 1. The Bertz CT molecular complexity index is 365. The molecule has 1 aromatic carbocycles. The van der Waals surface area contributed by atoms with Crippen LogP contribution in [-0.2, 0) is 0 Å². The second kappa shape index (κ2) is 5.58. The Kier molecular flexibility index (Phi) is 4.39. The van der Waals surface area contributed by atoms with Crippen LogP contribution < -0.4 is 0 Å². The van der Waals surface area contributed by atoms with Gasteiger partial charge in [-0.15, -0.1) is 0 Å². The molecule has 0 spiro atoms. The molecule has 0 saturated carbocycles. The monoisotopic (exact) mass is 225 g/mol. The van der Waals surface area contributed by atoms with Gasteiger partial charge in [-0.05, 0) is 17.9 Å². The quantitative estimate of drug-likeness (QED) is 0.454. The van der Waals surface area contributed by atoms with Crippen LogP contribution in [0.3, 0.4) is 0 Å². The van der Waals surface area contributed by atoms with Gasteiger partial charge in [-0.25, -0.2) is 0 Å². The smallest absolute Gasteiger partial charge is 0.269 e. The van der Waals surface area contributed by atoms with E-state index in [0.717, 1.165) is 5.56 Å². The van der Waals surface area contributed by atoms with Crippen LogP contribution >= 0.6 is 0 Å². The molecule has 0 aliphatic heterocycles. The SMILES string of the molecule is CCC(CC(O)O)c1cccc([N+](=O)[O-])c1. The molecule has 1 unspecified atom stereocenters. The third-order valence-corrected chi connectivity index (χ3v) is 2.54. The van der Waals surface area contributed by atoms with E-state index in [1.165, 1.54) is 12.1 Å². The van der Waals surface area contributed by atoms with Gasteiger partial charge in [-0.2, -0.15) is 0 Å². The fourth-order valence-electron chi connectivity index (χ4n) is 1.69. The van der Waals surface area contributed by atoms with Gasteiger partial charge in [-0.3, -0.25) is 10.1 Å². The number of nitro groups is 1. The Labute approximate surface area is 93.5 Å². The average Bonchev–Trinajstić information content (AvgIpc) is 2.25. The lowest BCUT2D eigenvalue weighted by Gasteiger charge is -2.15. The van der Waals surface area contributed by atoms with Crippen LogP contribution in [-0.4, -0.2) is 21.4 Å². The third-order valence-electron chi connectivity index (χ3n) is 2.54. The number of nitrogens with zero attached hydrogens (tertiary/aromatic N) is 1. The maximum absolute atomic E-state index is 10.6. The summed E-state index contributed by atoms with van der Waals surface area (Å²) >= 11 is 0. The minimum absolute atomic E-state index is 0.0309. The van der Waals surface area contributed by atoms with Crippen molar-refractivity contribution in [3.63, 3.8) is 0 Å². The summed E-state index contributed by atoms with van der Waals surface area (Å²) in [6.07, 6.45) is -0.486. The molecule has 0 heterocycles. The van der Waals surface area contributed by atoms with Crippen LogP contribution in [0.5, 0.6) is 0 Å². The van der Waals surface area contributed by atoms with E-state index in [2.05, 4.69) is 0 Å². The van der Waals surface area contributed by atoms with E-state index in [9.17, 15) is 10.1 Å². The van der Waals surface area contributed by atoms with Crippen molar-refractivity contribution >= 4 is 5.69 Å². The molecule has 0 aliphatic carbocycles. The summed E-state index contributed by atoms with van der Waals surface area (Å²) in [7, 11) is 0. The minimum atomic E-state index is -1.38. The predicted molar refractivity (Wildman–Crippen MR) is 59.0 cm³/mol. The summed E-state index contributed by atoms with van der Waals surface area (Å²) in [6, 6.07) is 6.28. The molecule has 0 radical (unpaired) electrons. The van der Waals surface area contributed by atoms with E-state index in [-0.39, 0.29) is 18.0 Å². The molecular formula is C11H15NO4. The molecule has 5 heteroatoms. The number of hydrogen-bond acceptors (Lipinski definition) is 4. The average molecular weight is 225 g/mol. The molecule has 0 saturated heterocycles. The molecule has 0 amide bonds. The predicted octanol–water partition coefficient (Wildman–Crippen LogP) is 1.79. The van der Waals surface area contributed by atoms with Crippen molar-refractivity contribution in [2.75, 3.05) is 0 Å². The number of nitro benzene ring substituents is 1. The van der Waals surface area contributed by atoms with Crippen LogP contribution in [0.4, 0.5) is 5.69 Å². The van der Waals surface area contributed by atoms with Gasteiger partial charge in [0.05, 0.1) is 4.92 Å². The molecule has 0 aromatic heterocycles. The Morgan fingerprint density at radius 2 is 2.12 bits per heavy atom. The van der Waals surface area contributed by atoms with Gasteiger partial charge in [0.1, 0.15) is 0 Å². The number of rotatable bonds is 5. The van der Waals surface area contributed by atoms with Crippen molar-refractivity contribution in [3.8, 4) is 0 Å². The zero-order valence-corrected chi connectivity index (χ0v) is 9.04. The minimum Gasteiger partial charge on any atom is -0.368 e. The summed E-state index contributed by atoms with van der Waals surface area (Å²) in [5.41, 5.74) is 0.799. The van der Waals surface area contributed by atoms with Gasteiger partial charge < -0.3 is 10.2 Å². The van der Waals surface area contributed by atoms with Gasteiger partial charge in [0.2, 0.25) is 0 Å². The topological polar surface area (TPSA) is 83.6 Å². The van der Waals surface area contributed by atoms with E-state index in [1.807, 2.05) is 6.92 Å². The lowest BCUT2D eigenvalue weighted by atomic mass is 9.93. The van der Waals surface area contributed by atoms with Crippen molar-refractivity contribution in [1.29, 1.82) is 0 Å². The molecule has 2 N–H and O–H groups in total. The molecule has 16 heavy (non-hydrogen) atoms. The highest BCUT2D eigenvalue weighted by atomic mass is 16.6. The fourth-order valence-corrected chi connectivity index (χ4v) is 1.69. The van der Waals surface area contributed by atoms with Crippen molar-refractivity contribution in [2.45, 2.75) is 32.0 Å². The summed E-state index contributed by atoms with van der Waals surface area (Å²) in [5.74, 6) is -0.0695. The molecule has 0 bridgehead atoms. The Hall–Kier alpha value is -1.46. The first-order valence-corrected chi connectivity index (χ1v) is 5.15. The maximum Gasteiger partial charge on any atom is 0.269 e. The molecular weight excluding hydrogens is 210 g/mol. The first-order chi connectivity index (χ1) is 7.54. The summed E-state index contributed by atoms with van der Waals surface area (Å²) in [4.78, 5) is 10.1. The van der Waals surface area contributed by atoms with E-state index in [1.54, 1.807) is 12.1 Å². The molecule has 1 rings (SSSR count). The molecule has 0 aliphatic rings. The van der Waals surface area contributed by atoms with Crippen LogP contribution in [0.2, 0.25) is 0 Å². The van der Waals surface area contributed by atoms with Crippen molar-refractivity contribution in [2.24, 2.45) is 0 Å². The standard InChI is InChI=1S/C11H15NO4/c1-2-8(7-11(13)14)9-4-3-5-10(6-9)12(15)16/h3-6,8,11,13-14H,2,7H2,1H3. The number of non-ortho nitro benzene ring substituents is 1. The van der Waals surface area contributed by atoms with Crippen LogP contribution in [0.25, 0.3) is 0 Å². The molecule has 0 fully saturated rings. The highest BCUT2D eigenvalue weighted by molar-refractivity contribution is 5.36. The summed E-state index contributed by atoms with van der Waals surface area (Å²) in [5, 5.41) is 28.4. The van der Waals surface area contributed by atoms with Crippen molar-refractivity contribution in [1.82, 2.24) is 0 Å². The molecule has 1 atom stereocenters. The largest absolute Gasteiger partial charge is 0.368 e. The summed E-state index contributed by atoms with van der Waals surface area (Å²) < 4.78 is 0. The van der Waals surface area contributed by atoms with Crippen molar-refractivity contribution < 1.29 is 15.1 Å². The maximum atomic E-state index is 10.6. The highest BCUT2D eigenvalue weighted by Gasteiger charge is 2.15. The second-order valence-corrected chi connectivity index (χ2v) is 3.67. The summed E-state index contributed by atoms with van der Waals surface area (Å²) in [6.45, 7) is 1.91.